The fourth-order valence-corrected chi connectivity index (χ4v) is 4.76. The van der Waals surface area contributed by atoms with Crippen molar-refractivity contribution in [2.45, 2.75) is 37.7 Å². The number of hydrogen-bond donors (Lipinski definition) is 1. The van der Waals surface area contributed by atoms with Crippen molar-refractivity contribution in [1.82, 2.24) is 5.32 Å². The molecule has 128 valence electrons. The monoisotopic (exact) mass is 391 g/mol. The molecule has 0 saturated heterocycles. The molecule has 4 heteroatoms. The first-order chi connectivity index (χ1) is 11.6. The topological polar surface area (TPSA) is 38.3 Å². The van der Waals surface area contributed by atoms with E-state index in [9.17, 15) is 4.79 Å². The molecule has 3 nitrogen and oxygen atoms in total. The molecule has 0 spiro atoms. The Morgan fingerprint density at radius 3 is 2.21 bits per heavy atom. The second-order valence-corrected chi connectivity index (χ2v) is 8.24. The SMILES string of the molecule is CCOC(=O)[C@H]([Se]c1ccccc1)[C@@H](C)N[C@H](C)c1ccccc1. The van der Waals surface area contributed by atoms with Crippen molar-refractivity contribution in [3.05, 3.63) is 66.2 Å². The van der Waals surface area contributed by atoms with Crippen LogP contribution in [0.15, 0.2) is 60.7 Å². The fourth-order valence-electron chi connectivity index (χ4n) is 2.54. The zero-order valence-electron chi connectivity index (χ0n) is 14.4. The molecule has 1 N–H and O–H groups in total. The second kappa shape index (κ2) is 9.63. The van der Waals surface area contributed by atoms with Gasteiger partial charge in [0.15, 0.2) is 0 Å². The molecule has 2 aromatic rings. The third-order valence-electron chi connectivity index (χ3n) is 3.79. The molecule has 0 unspecified atom stereocenters. The molecule has 0 saturated carbocycles. The van der Waals surface area contributed by atoms with E-state index in [0.717, 1.165) is 0 Å². The summed E-state index contributed by atoms with van der Waals surface area (Å²) < 4.78 is 6.53. The van der Waals surface area contributed by atoms with Crippen LogP contribution in [0.2, 0.25) is 4.82 Å². The molecule has 0 aliphatic rings. The third-order valence-corrected chi connectivity index (χ3v) is 6.73. The molecule has 0 radical (unpaired) electrons. The van der Waals surface area contributed by atoms with E-state index in [-0.39, 0.29) is 37.8 Å². The quantitative estimate of drug-likeness (QED) is 0.556. The average Bonchev–Trinajstić information content (AvgIpc) is 2.61. The van der Waals surface area contributed by atoms with Crippen LogP contribution in [0.1, 0.15) is 32.4 Å². The van der Waals surface area contributed by atoms with E-state index in [1.807, 2.05) is 43.3 Å². The van der Waals surface area contributed by atoms with Crippen LogP contribution in [0.4, 0.5) is 0 Å². The third kappa shape index (κ3) is 5.48. The molecule has 0 heterocycles. The van der Waals surface area contributed by atoms with Gasteiger partial charge in [0.1, 0.15) is 0 Å². The Kier molecular flexibility index (Phi) is 7.51. The van der Waals surface area contributed by atoms with Gasteiger partial charge in [-0.25, -0.2) is 0 Å². The second-order valence-electron chi connectivity index (χ2n) is 5.69. The van der Waals surface area contributed by atoms with Crippen LogP contribution in [0.5, 0.6) is 0 Å². The summed E-state index contributed by atoms with van der Waals surface area (Å²) in [7, 11) is 0. The summed E-state index contributed by atoms with van der Waals surface area (Å²) in [5, 5.41) is 3.57. The van der Waals surface area contributed by atoms with E-state index >= 15 is 0 Å². The van der Waals surface area contributed by atoms with Crippen molar-refractivity contribution < 1.29 is 9.53 Å². The van der Waals surface area contributed by atoms with Gasteiger partial charge >= 0.3 is 151 Å². The molecule has 24 heavy (non-hydrogen) atoms. The first-order valence-corrected chi connectivity index (χ1v) is 10.2. The molecular weight excluding hydrogens is 365 g/mol. The number of carbonyl (C=O) groups excluding carboxylic acids is 1. The standard InChI is InChI=1S/C20H25NO2Se/c1-4-23-20(22)19(24-18-13-9-6-10-14-18)16(3)21-15(2)17-11-7-5-8-12-17/h5-16,19,21H,4H2,1-3H3/t15-,16-,19-/m1/s1. The van der Waals surface area contributed by atoms with Gasteiger partial charge in [-0.1, -0.05) is 0 Å². The first kappa shape index (κ1) is 18.7. The van der Waals surface area contributed by atoms with Crippen molar-refractivity contribution in [2.75, 3.05) is 6.61 Å². The molecule has 0 aliphatic heterocycles. The van der Waals surface area contributed by atoms with Crippen LogP contribution in [0.25, 0.3) is 0 Å². The zero-order valence-corrected chi connectivity index (χ0v) is 16.2. The van der Waals surface area contributed by atoms with Gasteiger partial charge < -0.3 is 0 Å². The van der Waals surface area contributed by atoms with Gasteiger partial charge in [0.25, 0.3) is 0 Å². The Hall–Kier alpha value is -1.61. The summed E-state index contributed by atoms with van der Waals surface area (Å²) in [5.41, 5.74) is 1.22. The zero-order chi connectivity index (χ0) is 17.4. The Labute approximate surface area is 151 Å². The van der Waals surface area contributed by atoms with Crippen LogP contribution in [0, 0.1) is 0 Å². The van der Waals surface area contributed by atoms with Crippen molar-refractivity contribution in [3.63, 3.8) is 0 Å². The molecule has 0 fully saturated rings. The molecule has 2 rings (SSSR count). The predicted octanol–water partition coefficient (Wildman–Crippen LogP) is 3.11. The normalized spacial score (nSPS) is 14.6. The predicted molar refractivity (Wildman–Crippen MR) is 99.7 cm³/mol. The van der Waals surface area contributed by atoms with Gasteiger partial charge in [0, 0.05) is 0 Å². The van der Waals surface area contributed by atoms with E-state index in [0.29, 0.717) is 6.61 Å². The number of benzene rings is 2. The van der Waals surface area contributed by atoms with Gasteiger partial charge in [-0.05, 0) is 0 Å². The molecular formula is C20H25NO2Se. The number of hydrogen-bond acceptors (Lipinski definition) is 3. The maximum absolute atomic E-state index is 12.5. The number of nitrogens with one attached hydrogen (secondary N) is 1. The fraction of sp³-hybridized carbons (Fsp3) is 0.350. The van der Waals surface area contributed by atoms with E-state index in [4.69, 9.17) is 4.74 Å². The minimum absolute atomic E-state index is 0.0241. The van der Waals surface area contributed by atoms with Gasteiger partial charge in [-0.15, -0.1) is 0 Å². The van der Waals surface area contributed by atoms with Crippen LogP contribution in [0.3, 0.4) is 0 Å². The summed E-state index contributed by atoms with van der Waals surface area (Å²) in [6.07, 6.45) is 0. The summed E-state index contributed by atoms with van der Waals surface area (Å²) in [5.74, 6) is -0.110. The number of rotatable bonds is 8. The van der Waals surface area contributed by atoms with E-state index in [1.54, 1.807) is 0 Å². The minimum atomic E-state index is -0.147. The van der Waals surface area contributed by atoms with Gasteiger partial charge in [-0.3, -0.25) is 0 Å². The van der Waals surface area contributed by atoms with E-state index in [2.05, 4.69) is 43.4 Å². The average molecular weight is 390 g/mol. The molecule has 0 aromatic heterocycles. The molecule has 0 aliphatic carbocycles. The van der Waals surface area contributed by atoms with E-state index < -0.39 is 0 Å². The van der Waals surface area contributed by atoms with Crippen LogP contribution in [-0.4, -0.2) is 33.6 Å². The van der Waals surface area contributed by atoms with Gasteiger partial charge in [0.05, 0.1) is 0 Å². The van der Waals surface area contributed by atoms with Crippen molar-refractivity contribution in [1.29, 1.82) is 0 Å². The van der Waals surface area contributed by atoms with Gasteiger partial charge in [-0.2, -0.15) is 0 Å². The Balaban J connectivity index is 2.09. The summed E-state index contributed by atoms with van der Waals surface area (Å²) in [6.45, 7) is 6.48. The van der Waals surface area contributed by atoms with Crippen LogP contribution in [-0.2, 0) is 9.53 Å². The maximum atomic E-state index is 12.5. The molecule has 3 atom stereocenters. The van der Waals surface area contributed by atoms with Gasteiger partial charge in [0.2, 0.25) is 0 Å². The summed E-state index contributed by atoms with van der Waals surface area (Å²) in [6, 6.07) is 20.7. The molecule has 0 amide bonds. The van der Waals surface area contributed by atoms with Crippen LogP contribution >= 0.6 is 0 Å². The van der Waals surface area contributed by atoms with Crippen molar-refractivity contribution in [2.24, 2.45) is 0 Å². The van der Waals surface area contributed by atoms with Crippen LogP contribution < -0.4 is 9.78 Å². The Morgan fingerprint density at radius 1 is 1.04 bits per heavy atom. The number of esters is 1. The first-order valence-electron chi connectivity index (χ1n) is 8.31. The number of carbonyl (C=O) groups is 1. The Bertz CT molecular complexity index is 618. The number of ether oxygens (including phenoxy) is 1. The molecule has 2 aromatic carbocycles. The Morgan fingerprint density at radius 2 is 1.62 bits per heavy atom. The summed E-state index contributed by atoms with van der Waals surface area (Å²) >= 11 is 0.0241. The van der Waals surface area contributed by atoms with Crippen molar-refractivity contribution >= 4 is 25.4 Å². The summed E-state index contributed by atoms with van der Waals surface area (Å²) in [4.78, 5) is 12.3. The van der Waals surface area contributed by atoms with E-state index in [1.165, 1.54) is 10.0 Å². The molecule has 0 bridgehead atoms. The van der Waals surface area contributed by atoms with Crippen molar-refractivity contribution in [3.8, 4) is 0 Å².